The summed E-state index contributed by atoms with van der Waals surface area (Å²) in [7, 11) is 0. The molecule has 7 heteroatoms. The summed E-state index contributed by atoms with van der Waals surface area (Å²) in [6, 6.07) is 6.01. The smallest absolute Gasteiger partial charge is 0.271 e. The number of benzene rings is 1. The van der Waals surface area contributed by atoms with Crippen LogP contribution in [0.15, 0.2) is 35.3 Å². The molecule has 0 unspecified atom stereocenters. The van der Waals surface area contributed by atoms with E-state index in [9.17, 15) is 14.0 Å². The van der Waals surface area contributed by atoms with Gasteiger partial charge in [-0.05, 0) is 43.4 Å². The zero-order chi connectivity index (χ0) is 18.8. The average Bonchev–Trinajstić information content (AvgIpc) is 2.97. The van der Waals surface area contributed by atoms with Crippen LogP contribution >= 0.6 is 11.3 Å². The van der Waals surface area contributed by atoms with Crippen LogP contribution in [-0.4, -0.2) is 15.3 Å². The van der Waals surface area contributed by atoms with Crippen molar-refractivity contribution in [2.45, 2.75) is 45.1 Å². The number of rotatable bonds is 3. The molecule has 1 amide bonds. The molecule has 0 saturated heterocycles. The summed E-state index contributed by atoms with van der Waals surface area (Å²) in [6.45, 7) is 0.153. The second-order valence-corrected chi connectivity index (χ2v) is 7.86. The Morgan fingerprint density at radius 3 is 2.85 bits per heavy atom. The molecule has 3 aromatic rings. The third-order valence-electron chi connectivity index (χ3n) is 4.89. The van der Waals surface area contributed by atoms with Gasteiger partial charge < -0.3 is 5.32 Å². The molecule has 0 spiro atoms. The second kappa shape index (κ2) is 7.60. The van der Waals surface area contributed by atoms with Gasteiger partial charge in [-0.2, -0.15) is 0 Å². The van der Waals surface area contributed by atoms with Crippen molar-refractivity contribution in [3.8, 4) is 0 Å². The third-order valence-corrected chi connectivity index (χ3v) is 6.05. The lowest BCUT2D eigenvalue weighted by molar-refractivity contribution is 0.0949. The number of nitrogens with zero attached hydrogens (tertiary/aromatic N) is 2. The van der Waals surface area contributed by atoms with Gasteiger partial charge in [-0.25, -0.2) is 9.37 Å². The molecule has 27 heavy (non-hydrogen) atoms. The van der Waals surface area contributed by atoms with Gasteiger partial charge in [-0.15, -0.1) is 11.3 Å². The molecular formula is C20H20FN3O2S. The Balaban J connectivity index is 1.63. The molecule has 1 N–H and O–H groups in total. The second-order valence-electron chi connectivity index (χ2n) is 6.79. The number of carbonyl (C=O) groups excluding carboxylic acids is 1. The largest absolute Gasteiger partial charge is 0.348 e. The van der Waals surface area contributed by atoms with Crippen LogP contribution in [-0.2, 0) is 19.4 Å². The molecule has 0 aliphatic heterocycles. The average molecular weight is 385 g/mol. The number of aryl methyl sites for hydroxylation is 2. The van der Waals surface area contributed by atoms with Crippen LogP contribution < -0.4 is 10.9 Å². The van der Waals surface area contributed by atoms with Crippen LogP contribution in [0, 0.1) is 5.82 Å². The molecule has 1 aliphatic rings. The van der Waals surface area contributed by atoms with Crippen LogP contribution in [0.25, 0.3) is 4.96 Å². The van der Waals surface area contributed by atoms with E-state index in [-0.39, 0.29) is 23.5 Å². The Hall–Kier alpha value is -2.54. The number of nitrogens with one attached hydrogen (secondary N) is 1. The van der Waals surface area contributed by atoms with Crippen LogP contribution in [0.5, 0.6) is 0 Å². The highest BCUT2D eigenvalue weighted by Gasteiger charge is 2.20. The predicted octanol–water partition coefficient (Wildman–Crippen LogP) is 3.48. The van der Waals surface area contributed by atoms with Gasteiger partial charge in [-0.1, -0.05) is 25.0 Å². The fourth-order valence-electron chi connectivity index (χ4n) is 3.50. The lowest BCUT2D eigenvalue weighted by Gasteiger charge is -2.10. The molecule has 0 radical (unpaired) electrons. The molecule has 5 nitrogen and oxygen atoms in total. The summed E-state index contributed by atoms with van der Waals surface area (Å²) < 4.78 is 14.9. The molecule has 4 rings (SSSR count). The maximum Gasteiger partial charge on any atom is 0.271 e. The van der Waals surface area contributed by atoms with Crippen molar-refractivity contribution in [2.75, 3.05) is 0 Å². The molecule has 1 aromatic carbocycles. The van der Waals surface area contributed by atoms with Crippen molar-refractivity contribution in [1.29, 1.82) is 0 Å². The van der Waals surface area contributed by atoms with E-state index in [1.807, 2.05) is 0 Å². The van der Waals surface area contributed by atoms with Gasteiger partial charge in [-0.3, -0.25) is 14.0 Å². The monoisotopic (exact) mass is 385 g/mol. The van der Waals surface area contributed by atoms with Gasteiger partial charge in [0.05, 0.1) is 0 Å². The molecule has 140 valence electrons. The van der Waals surface area contributed by atoms with Crippen molar-refractivity contribution in [1.82, 2.24) is 14.7 Å². The standard InChI is InChI=1S/C20H20FN3O2S/c21-14-7-5-6-13(10-14)11-22-18(25)15-12-23-20-24(19(15)26)16-8-3-1-2-4-9-17(16)27-20/h5-7,10,12H,1-4,8-9,11H2,(H,22,25). The normalized spacial score (nSPS) is 14.4. The van der Waals surface area contributed by atoms with E-state index < -0.39 is 5.91 Å². The molecule has 2 heterocycles. The van der Waals surface area contributed by atoms with Gasteiger partial charge >= 0.3 is 0 Å². The van der Waals surface area contributed by atoms with Gasteiger partial charge in [0.15, 0.2) is 4.96 Å². The summed E-state index contributed by atoms with van der Waals surface area (Å²) in [4.78, 5) is 31.7. The summed E-state index contributed by atoms with van der Waals surface area (Å²) >= 11 is 1.55. The maximum atomic E-state index is 13.3. The number of halogens is 1. The predicted molar refractivity (Wildman–Crippen MR) is 103 cm³/mol. The number of fused-ring (bicyclic) bond motifs is 3. The number of amides is 1. The summed E-state index contributed by atoms with van der Waals surface area (Å²) in [5, 5.41) is 2.69. The summed E-state index contributed by atoms with van der Waals surface area (Å²) in [6.07, 6.45) is 7.69. The van der Waals surface area contributed by atoms with Gasteiger partial charge in [0.25, 0.3) is 11.5 Å². The molecule has 0 bridgehead atoms. The molecular weight excluding hydrogens is 365 g/mol. The van der Waals surface area contributed by atoms with Crippen LogP contribution in [0.1, 0.15) is 52.2 Å². The zero-order valence-corrected chi connectivity index (χ0v) is 15.7. The SMILES string of the molecule is O=C(NCc1cccc(F)c1)c1cnc2sc3c(n2c1=O)CCCCCC3. The molecule has 1 aliphatic carbocycles. The number of aromatic nitrogens is 2. The van der Waals surface area contributed by atoms with Crippen LogP contribution in [0.2, 0.25) is 0 Å². The van der Waals surface area contributed by atoms with E-state index >= 15 is 0 Å². The minimum atomic E-state index is -0.489. The lowest BCUT2D eigenvalue weighted by Crippen LogP contribution is -2.31. The van der Waals surface area contributed by atoms with Crippen molar-refractivity contribution in [3.63, 3.8) is 0 Å². The zero-order valence-electron chi connectivity index (χ0n) is 14.8. The fourth-order valence-corrected chi connectivity index (χ4v) is 4.67. The molecule has 0 saturated carbocycles. The molecule has 2 aromatic heterocycles. The first-order valence-corrected chi connectivity index (χ1v) is 10.00. The highest BCUT2D eigenvalue weighted by atomic mass is 32.1. The summed E-state index contributed by atoms with van der Waals surface area (Å²) in [5.41, 5.74) is 1.34. The first-order valence-electron chi connectivity index (χ1n) is 9.18. The number of hydrogen-bond donors (Lipinski definition) is 1. The van der Waals surface area contributed by atoms with E-state index in [1.165, 1.54) is 29.6 Å². The number of carbonyl (C=O) groups is 1. The molecule has 0 atom stereocenters. The Morgan fingerprint density at radius 2 is 2.04 bits per heavy atom. The van der Waals surface area contributed by atoms with Crippen LogP contribution in [0.3, 0.4) is 0 Å². The maximum absolute atomic E-state index is 13.3. The van der Waals surface area contributed by atoms with E-state index in [1.54, 1.807) is 27.9 Å². The van der Waals surface area contributed by atoms with Crippen LogP contribution in [0.4, 0.5) is 4.39 Å². The van der Waals surface area contributed by atoms with E-state index in [0.29, 0.717) is 10.5 Å². The Labute approximate surface area is 159 Å². The third kappa shape index (κ3) is 3.64. The highest BCUT2D eigenvalue weighted by molar-refractivity contribution is 7.17. The van der Waals surface area contributed by atoms with Crippen molar-refractivity contribution >= 4 is 22.2 Å². The number of thiazole rings is 1. The van der Waals surface area contributed by atoms with E-state index in [0.717, 1.165) is 37.8 Å². The van der Waals surface area contributed by atoms with Crippen molar-refractivity contribution in [3.05, 3.63) is 68.3 Å². The first-order chi connectivity index (χ1) is 13.1. The Morgan fingerprint density at radius 1 is 1.22 bits per heavy atom. The van der Waals surface area contributed by atoms with Gasteiger partial charge in [0.2, 0.25) is 0 Å². The Bertz CT molecular complexity index is 1060. The highest BCUT2D eigenvalue weighted by Crippen LogP contribution is 2.27. The van der Waals surface area contributed by atoms with Gasteiger partial charge in [0.1, 0.15) is 11.4 Å². The quantitative estimate of drug-likeness (QED) is 0.751. The van der Waals surface area contributed by atoms with Crippen molar-refractivity contribution < 1.29 is 9.18 Å². The number of hydrogen-bond acceptors (Lipinski definition) is 4. The lowest BCUT2D eigenvalue weighted by atomic mass is 10.0. The van der Waals surface area contributed by atoms with Gasteiger partial charge in [0, 0.05) is 23.3 Å². The first kappa shape index (κ1) is 17.9. The fraction of sp³-hybridized carbons (Fsp3) is 0.350. The minimum absolute atomic E-state index is 0.0200. The molecule has 0 fully saturated rings. The topological polar surface area (TPSA) is 63.5 Å². The Kier molecular flexibility index (Phi) is 5.03. The van der Waals surface area contributed by atoms with E-state index in [2.05, 4.69) is 10.3 Å². The van der Waals surface area contributed by atoms with Crippen molar-refractivity contribution in [2.24, 2.45) is 0 Å². The van der Waals surface area contributed by atoms with E-state index in [4.69, 9.17) is 0 Å². The summed E-state index contributed by atoms with van der Waals surface area (Å²) in [5.74, 6) is -0.848. The minimum Gasteiger partial charge on any atom is -0.348 e.